The molecule has 0 saturated carbocycles. The lowest BCUT2D eigenvalue weighted by Crippen LogP contribution is -2.41. The summed E-state index contributed by atoms with van der Waals surface area (Å²) in [5.41, 5.74) is 1.39. The van der Waals surface area contributed by atoms with Crippen molar-refractivity contribution in [3.8, 4) is 17.5 Å². The molecule has 6 nitrogen and oxygen atoms in total. The minimum absolute atomic E-state index is 0.0281. The summed E-state index contributed by atoms with van der Waals surface area (Å²) in [6, 6.07) is 12.9. The molecule has 4 rings (SSSR count). The molecule has 1 N–H and O–H groups in total. The van der Waals surface area contributed by atoms with Gasteiger partial charge >= 0.3 is 0 Å². The van der Waals surface area contributed by atoms with Gasteiger partial charge in [-0.2, -0.15) is 5.26 Å². The Morgan fingerprint density at radius 1 is 1.16 bits per heavy atom. The molecule has 3 heterocycles. The van der Waals surface area contributed by atoms with E-state index in [1.165, 1.54) is 0 Å². The highest BCUT2D eigenvalue weighted by atomic mass is 16.2. The van der Waals surface area contributed by atoms with E-state index in [9.17, 15) is 9.59 Å². The van der Waals surface area contributed by atoms with Gasteiger partial charge in [-0.15, -0.1) is 0 Å². The highest BCUT2D eigenvalue weighted by Gasteiger charge is 2.43. The number of likely N-dealkylation sites (tertiary alicyclic amines) is 2. The van der Waals surface area contributed by atoms with Crippen LogP contribution in [0.1, 0.15) is 16.8 Å². The molecule has 0 radical (unpaired) electrons. The first kappa shape index (κ1) is 15.5. The number of hydrogen-bond donors (Lipinski definition) is 1. The van der Waals surface area contributed by atoms with Crippen molar-refractivity contribution < 1.29 is 4.79 Å². The molecular weight excluding hydrogens is 316 g/mol. The van der Waals surface area contributed by atoms with Crippen molar-refractivity contribution in [3.63, 3.8) is 0 Å². The Bertz CT molecular complexity index is 900. The summed E-state index contributed by atoms with van der Waals surface area (Å²) in [6.45, 7) is 1.91. The Hall–Kier alpha value is -3.07. The van der Waals surface area contributed by atoms with Crippen LogP contribution in [0.15, 0.2) is 47.3 Å². The van der Waals surface area contributed by atoms with E-state index in [-0.39, 0.29) is 23.1 Å². The van der Waals surface area contributed by atoms with Gasteiger partial charge in [0.25, 0.3) is 11.5 Å². The first-order valence-corrected chi connectivity index (χ1v) is 8.42. The molecule has 25 heavy (non-hydrogen) atoms. The van der Waals surface area contributed by atoms with Crippen molar-refractivity contribution in [1.29, 1.82) is 5.26 Å². The fraction of sp³-hybridized carbons (Fsp3) is 0.316. The summed E-state index contributed by atoms with van der Waals surface area (Å²) in [5.74, 6) is 0.0828. The van der Waals surface area contributed by atoms with Gasteiger partial charge in [-0.05, 0) is 24.1 Å². The van der Waals surface area contributed by atoms with Crippen molar-refractivity contribution in [2.45, 2.75) is 12.5 Å². The molecule has 2 aliphatic heterocycles. The number of amides is 1. The summed E-state index contributed by atoms with van der Waals surface area (Å²) in [7, 11) is 0. The van der Waals surface area contributed by atoms with E-state index in [2.05, 4.69) is 11.2 Å². The molecule has 1 amide bonds. The normalized spacial score (nSPS) is 21.9. The molecule has 1 aromatic heterocycles. The molecule has 2 fully saturated rings. The van der Waals surface area contributed by atoms with Gasteiger partial charge in [0.15, 0.2) is 6.19 Å². The second kappa shape index (κ2) is 6.10. The topological polar surface area (TPSA) is 80.2 Å². The number of aromatic amines is 1. The van der Waals surface area contributed by atoms with E-state index in [1.54, 1.807) is 21.9 Å². The third-order valence-electron chi connectivity index (χ3n) is 5.17. The van der Waals surface area contributed by atoms with Crippen LogP contribution in [0.5, 0.6) is 0 Å². The third-order valence-corrected chi connectivity index (χ3v) is 5.17. The largest absolute Gasteiger partial charge is 0.333 e. The quantitative estimate of drug-likeness (QED) is 0.847. The second-order valence-corrected chi connectivity index (χ2v) is 6.60. The van der Waals surface area contributed by atoms with E-state index in [0.29, 0.717) is 31.2 Å². The van der Waals surface area contributed by atoms with Gasteiger partial charge in [0, 0.05) is 31.2 Å². The van der Waals surface area contributed by atoms with Gasteiger partial charge < -0.3 is 14.8 Å². The maximum atomic E-state index is 12.9. The molecule has 2 aliphatic rings. The fourth-order valence-electron chi connectivity index (χ4n) is 3.88. The number of fused-ring (bicyclic) bond motifs is 1. The van der Waals surface area contributed by atoms with Crippen LogP contribution in [0.3, 0.4) is 0 Å². The molecule has 6 heteroatoms. The van der Waals surface area contributed by atoms with Crippen molar-refractivity contribution >= 4 is 5.91 Å². The van der Waals surface area contributed by atoms with Gasteiger partial charge in [0.05, 0.1) is 6.04 Å². The number of benzene rings is 1. The number of carbonyl (C=O) groups is 1. The molecular formula is C19H18N4O2. The minimum atomic E-state index is -0.370. The molecule has 2 atom stereocenters. The number of pyridine rings is 1. The van der Waals surface area contributed by atoms with Crippen LogP contribution < -0.4 is 5.56 Å². The number of nitriles is 1. The van der Waals surface area contributed by atoms with Gasteiger partial charge in [0.2, 0.25) is 0 Å². The van der Waals surface area contributed by atoms with Crippen LogP contribution in [0, 0.1) is 17.4 Å². The highest BCUT2D eigenvalue weighted by molar-refractivity contribution is 5.94. The summed E-state index contributed by atoms with van der Waals surface area (Å²) < 4.78 is 0. The van der Waals surface area contributed by atoms with Gasteiger partial charge in [-0.1, -0.05) is 30.3 Å². The first-order chi connectivity index (χ1) is 12.2. The average molecular weight is 334 g/mol. The molecule has 0 aliphatic carbocycles. The molecule has 0 unspecified atom stereocenters. The first-order valence-electron chi connectivity index (χ1n) is 8.42. The summed E-state index contributed by atoms with van der Waals surface area (Å²) in [5, 5.41) is 9.06. The van der Waals surface area contributed by atoms with Crippen molar-refractivity contribution in [3.05, 3.63) is 58.4 Å². The molecule has 1 aromatic carbocycles. The highest BCUT2D eigenvalue weighted by Crippen LogP contribution is 2.31. The molecule has 0 spiro atoms. The van der Waals surface area contributed by atoms with Gasteiger partial charge in [0.1, 0.15) is 5.56 Å². The number of H-pyrrole nitrogens is 1. The Balaban J connectivity index is 1.59. The standard InChI is InChI=1S/C19H18N4O2/c20-12-22-10-14-8-9-23(17(14)11-22)19(25)15-6-7-16(21-18(15)24)13-4-2-1-3-5-13/h1-7,14,17H,8-11H2,(H,21,24)/t14-,17+/m1/s1. The van der Waals surface area contributed by atoms with E-state index < -0.39 is 0 Å². The number of rotatable bonds is 2. The lowest BCUT2D eigenvalue weighted by molar-refractivity contribution is 0.0729. The maximum absolute atomic E-state index is 12.9. The minimum Gasteiger partial charge on any atom is -0.333 e. The second-order valence-electron chi connectivity index (χ2n) is 6.60. The summed E-state index contributed by atoms with van der Waals surface area (Å²) in [4.78, 5) is 31.6. The van der Waals surface area contributed by atoms with E-state index in [4.69, 9.17) is 5.26 Å². The molecule has 2 aromatic rings. The Kier molecular flexibility index (Phi) is 3.77. The van der Waals surface area contributed by atoms with Crippen LogP contribution >= 0.6 is 0 Å². The van der Waals surface area contributed by atoms with Gasteiger partial charge in [-0.3, -0.25) is 9.59 Å². The van der Waals surface area contributed by atoms with E-state index >= 15 is 0 Å². The zero-order chi connectivity index (χ0) is 17.4. The van der Waals surface area contributed by atoms with Crippen LogP contribution in [0.4, 0.5) is 0 Å². The van der Waals surface area contributed by atoms with Crippen molar-refractivity contribution in [2.24, 2.45) is 5.92 Å². The summed E-state index contributed by atoms with van der Waals surface area (Å²) >= 11 is 0. The Labute approximate surface area is 145 Å². The molecule has 0 bridgehead atoms. The SMILES string of the molecule is N#CN1C[C@H]2CCN(C(=O)c3ccc(-c4ccccc4)[nH]c3=O)[C@H]2C1. The lowest BCUT2D eigenvalue weighted by Gasteiger charge is -2.23. The number of carbonyl (C=O) groups excluding carboxylic acids is 1. The van der Waals surface area contributed by atoms with Crippen LogP contribution in [-0.4, -0.2) is 46.4 Å². The number of aromatic nitrogens is 1. The molecule has 2 saturated heterocycles. The molecule has 126 valence electrons. The maximum Gasteiger partial charge on any atom is 0.261 e. The fourth-order valence-corrected chi connectivity index (χ4v) is 3.88. The third kappa shape index (κ3) is 2.68. The smallest absolute Gasteiger partial charge is 0.261 e. The van der Waals surface area contributed by atoms with E-state index in [0.717, 1.165) is 12.0 Å². The van der Waals surface area contributed by atoms with Crippen LogP contribution in [-0.2, 0) is 0 Å². The Morgan fingerprint density at radius 3 is 2.68 bits per heavy atom. The Morgan fingerprint density at radius 2 is 1.96 bits per heavy atom. The average Bonchev–Trinajstić information content (AvgIpc) is 3.22. The monoisotopic (exact) mass is 334 g/mol. The zero-order valence-corrected chi connectivity index (χ0v) is 13.7. The summed E-state index contributed by atoms with van der Waals surface area (Å²) in [6.07, 6.45) is 3.04. The van der Waals surface area contributed by atoms with Crippen LogP contribution in [0.2, 0.25) is 0 Å². The van der Waals surface area contributed by atoms with Crippen LogP contribution in [0.25, 0.3) is 11.3 Å². The number of nitrogens with one attached hydrogen (secondary N) is 1. The zero-order valence-electron chi connectivity index (χ0n) is 13.7. The predicted molar refractivity (Wildman–Crippen MR) is 92.6 cm³/mol. The predicted octanol–water partition coefficient (Wildman–Crippen LogP) is 1.67. The number of hydrogen-bond acceptors (Lipinski definition) is 4. The van der Waals surface area contributed by atoms with Gasteiger partial charge in [-0.25, -0.2) is 0 Å². The number of nitrogens with zero attached hydrogens (tertiary/aromatic N) is 3. The lowest BCUT2D eigenvalue weighted by atomic mass is 10.0. The van der Waals surface area contributed by atoms with Crippen molar-refractivity contribution in [2.75, 3.05) is 19.6 Å². The van der Waals surface area contributed by atoms with E-state index in [1.807, 2.05) is 30.3 Å². The van der Waals surface area contributed by atoms with Crippen molar-refractivity contribution in [1.82, 2.24) is 14.8 Å².